The number of rotatable bonds is 3. The molecule has 0 saturated carbocycles. The van der Waals surface area contributed by atoms with Crippen LogP contribution >= 0.6 is 0 Å². The molecule has 0 aliphatic carbocycles. The summed E-state index contributed by atoms with van der Waals surface area (Å²) in [6, 6.07) is 1.99. The van der Waals surface area contributed by atoms with Gasteiger partial charge >= 0.3 is 0 Å². The highest BCUT2D eigenvalue weighted by molar-refractivity contribution is 7.91. The minimum absolute atomic E-state index is 0.254. The topological polar surface area (TPSA) is 62.0 Å². The van der Waals surface area contributed by atoms with Gasteiger partial charge in [0.25, 0.3) is 0 Å². The van der Waals surface area contributed by atoms with Crippen molar-refractivity contribution >= 4 is 9.84 Å². The van der Waals surface area contributed by atoms with Crippen LogP contribution in [0, 0.1) is 0 Å². The molecule has 0 spiro atoms. The number of hydrogen-bond donors (Lipinski definition) is 2. The van der Waals surface area contributed by atoms with E-state index >= 15 is 0 Å². The summed E-state index contributed by atoms with van der Waals surface area (Å²) >= 11 is 0. The second-order valence-corrected chi connectivity index (χ2v) is 6.66. The summed E-state index contributed by atoms with van der Waals surface area (Å²) < 4.78 is 22.7. The molecule has 0 bridgehead atoms. The van der Waals surface area contributed by atoms with E-state index < -0.39 is 9.84 Å². The molecule has 2 rings (SSSR count). The Morgan fingerprint density at radius 3 is 2.93 bits per heavy atom. The van der Waals surface area contributed by atoms with Gasteiger partial charge in [-0.25, -0.2) is 8.42 Å². The first-order valence-electron chi connectivity index (χ1n) is 5.06. The van der Waals surface area contributed by atoms with Crippen molar-refractivity contribution in [1.82, 2.24) is 10.3 Å². The van der Waals surface area contributed by atoms with E-state index in [0.717, 1.165) is 12.1 Å². The molecule has 0 aromatic carbocycles. The quantitative estimate of drug-likeness (QED) is 0.800. The van der Waals surface area contributed by atoms with Crippen LogP contribution in [0.3, 0.4) is 0 Å². The lowest BCUT2D eigenvalue weighted by molar-refractivity contribution is 0.395. The molecule has 1 unspecified atom stereocenters. The molecule has 1 atom stereocenters. The van der Waals surface area contributed by atoms with Gasteiger partial charge < -0.3 is 10.3 Å². The fourth-order valence-electron chi connectivity index (χ4n) is 1.93. The van der Waals surface area contributed by atoms with Gasteiger partial charge in [-0.1, -0.05) is 0 Å². The third kappa shape index (κ3) is 2.60. The number of hydrogen-bond acceptors (Lipinski definition) is 3. The molecule has 2 heterocycles. The molecule has 2 N–H and O–H groups in total. The number of sulfone groups is 1. The zero-order chi connectivity index (χ0) is 10.9. The number of nitrogens with one attached hydrogen (secondary N) is 2. The Kier molecular flexibility index (Phi) is 2.60. The van der Waals surface area contributed by atoms with E-state index in [4.69, 9.17) is 0 Å². The Labute approximate surface area is 90.0 Å². The highest BCUT2D eigenvalue weighted by atomic mass is 32.2. The molecule has 5 heteroatoms. The van der Waals surface area contributed by atoms with E-state index in [1.54, 1.807) is 0 Å². The van der Waals surface area contributed by atoms with Crippen molar-refractivity contribution in [2.75, 3.05) is 11.5 Å². The fourth-order valence-corrected chi connectivity index (χ4v) is 4.06. The Balaban J connectivity index is 1.95. The van der Waals surface area contributed by atoms with Crippen LogP contribution in [0.2, 0.25) is 0 Å². The number of H-pyrrole nitrogens is 1. The highest BCUT2D eigenvalue weighted by Gasteiger charge is 2.37. The lowest BCUT2D eigenvalue weighted by Crippen LogP contribution is -2.42. The van der Waals surface area contributed by atoms with Crippen LogP contribution in [0.1, 0.15) is 18.9 Å². The summed E-state index contributed by atoms with van der Waals surface area (Å²) in [6.07, 6.45) is 4.49. The molecule has 1 fully saturated rings. The summed E-state index contributed by atoms with van der Waals surface area (Å²) in [5, 5.41) is 3.32. The van der Waals surface area contributed by atoms with E-state index in [9.17, 15) is 8.42 Å². The molecular weight excluding hydrogens is 212 g/mol. The van der Waals surface area contributed by atoms with Gasteiger partial charge in [-0.3, -0.25) is 0 Å². The SMILES string of the molecule is CC1(NCc2cc[nH]c2)CCS(=O)(=O)C1. The summed E-state index contributed by atoms with van der Waals surface area (Å²) in [5.41, 5.74) is 0.899. The van der Waals surface area contributed by atoms with Gasteiger partial charge in [0.1, 0.15) is 0 Å². The maximum absolute atomic E-state index is 11.4. The van der Waals surface area contributed by atoms with Crippen LogP contribution in [-0.4, -0.2) is 30.4 Å². The highest BCUT2D eigenvalue weighted by Crippen LogP contribution is 2.23. The number of aromatic amines is 1. The first-order chi connectivity index (χ1) is 6.99. The lowest BCUT2D eigenvalue weighted by atomic mass is 10.0. The van der Waals surface area contributed by atoms with E-state index in [2.05, 4.69) is 10.3 Å². The molecule has 1 aliphatic rings. The van der Waals surface area contributed by atoms with Crippen molar-refractivity contribution in [2.45, 2.75) is 25.4 Å². The third-order valence-electron chi connectivity index (χ3n) is 2.88. The molecule has 1 saturated heterocycles. The van der Waals surface area contributed by atoms with E-state index in [1.165, 1.54) is 0 Å². The minimum Gasteiger partial charge on any atom is -0.367 e. The Morgan fingerprint density at radius 1 is 1.60 bits per heavy atom. The Bertz CT molecular complexity index is 424. The largest absolute Gasteiger partial charge is 0.367 e. The molecule has 84 valence electrons. The van der Waals surface area contributed by atoms with Gasteiger partial charge in [0.15, 0.2) is 9.84 Å². The zero-order valence-corrected chi connectivity index (χ0v) is 9.60. The van der Waals surface area contributed by atoms with Crippen molar-refractivity contribution in [3.8, 4) is 0 Å². The van der Waals surface area contributed by atoms with Crippen LogP contribution in [0.25, 0.3) is 0 Å². The van der Waals surface area contributed by atoms with Crippen molar-refractivity contribution in [2.24, 2.45) is 0 Å². The third-order valence-corrected chi connectivity index (χ3v) is 4.79. The van der Waals surface area contributed by atoms with Crippen LogP contribution < -0.4 is 5.32 Å². The minimum atomic E-state index is -2.82. The zero-order valence-electron chi connectivity index (χ0n) is 8.79. The van der Waals surface area contributed by atoms with Crippen LogP contribution in [0.5, 0.6) is 0 Å². The molecule has 1 aromatic rings. The predicted octanol–water partition coefficient (Wildman–Crippen LogP) is 0.681. The molecule has 0 amide bonds. The second-order valence-electron chi connectivity index (χ2n) is 4.48. The van der Waals surface area contributed by atoms with E-state index in [-0.39, 0.29) is 11.3 Å². The van der Waals surface area contributed by atoms with Gasteiger partial charge in [0.05, 0.1) is 11.5 Å². The summed E-state index contributed by atoms with van der Waals surface area (Å²) in [6.45, 7) is 2.69. The average Bonchev–Trinajstić information content (AvgIpc) is 2.71. The van der Waals surface area contributed by atoms with Crippen LogP contribution in [0.15, 0.2) is 18.5 Å². The van der Waals surface area contributed by atoms with E-state index in [1.807, 2.05) is 25.4 Å². The second kappa shape index (κ2) is 3.64. The van der Waals surface area contributed by atoms with Crippen molar-refractivity contribution < 1.29 is 8.42 Å². The molecule has 1 aromatic heterocycles. The predicted molar refractivity (Wildman–Crippen MR) is 59.3 cm³/mol. The van der Waals surface area contributed by atoms with E-state index in [0.29, 0.717) is 12.2 Å². The summed E-state index contributed by atoms with van der Waals surface area (Å²) in [7, 11) is -2.82. The monoisotopic (exact) mass is 228 g/mol. The van der Waals surface area contributed by atoms with Crippen molar-refractivity contribution in [1.29, 1.82) is 0 Å². The van der Waals surface area contributed by atoms with Crippen LogP contribution in [0.4, 0.5) is 0 Å². The number of aromatic nitrogens is 1. The van der Waals surface area contributed by atoms with Gasteiger partial charge in [0, 0.05) is 24.5 Å². The average molecular weight is 228 g/mol. The van der Waals surface area contributed by atoms with Gasteiger partial charge in [-0.05, 0) is 25.0 Å². The Hall–Kier alpha value is -0.810. The molecule has 0 radical (unpaired) electrons. The van der Waals surface area contributed by atoms with Crippen LogP contribution in [-0.2, 0) is 16.4 Å². The van der Waals surface area contributed by atoms with Gasteiger partial charge in [-0.15, -0.1) is 0 Å². The fraction of sp³-hybridized carbons (Fsp3) is 0.600. The lowest BCUT2D eigenvalue weighted by Gasteiger charge is -2.23. The smallest absolute Gasteiger partial charge is 0.152 e. The Morgan fingerprint density at radius 2 is 2.40 bits per heavy atom. The maximum Gasteiger partial charge on any atom is 0.152 e. The van der Waals surface area contributed by atoms with Gasteiger partial charge in [0.2, 0.25) is 0 Å². The first-order valence-corrected chi connectivity index (χ1v) is 6.88. The van der Waals surface area contributed by atoms with Crippen molar-refractivity contribution in [3.63, 3.8) is 0 Å². The first kappa shape index (κ1) is 10.7. The standard InChI is InChI=1S/C10H16N2O2S/c1-10(3-5-15(13,14)8-10)12-7-9-2-4-11-6-9/h2,4,6,11-12H,3,5,7-8H2,1H3. The summed E-state index contributed by atoms with van der Waals surface area (Å²) in [4.78, 5) is 2.98. The van der Waals surface area contributed by atoms with Gasteiger partial charge in [-0.2, -0.15) is 0 Å². The molecular formula is C10H16N2O2S. The molecule has 15 heavy (non-hydrogen) atoms. The van der Waals surface area contributed by atoms with Crippen molar-refractivity contribution in [3.05, 3.63) is 24.0 Å². The molecule has 4 nitrogen and oxygen atoms in total. The summed E-state index contributed by atoms with van der Waals surface area (Å²) in [5.74, 6) is 0.564. The normalized spacial score (nSPS) is 29.4. The maximum atomic E-state index is 11.4. The molecule has 1 aliphatic heterocycles.